The number of nitriles is 1. The van der Waals surface area contributed by atoms with E-state index in [-0.39, 0.29) is 30.2 Å². The first kappa shape index (κ1) is 18.7. The molecule has 2 heterocycles. The normalized spacial score (nSPS) is 12.9. The molecule has 0 spiro atoms. The van der Waals surface area contributed by atoms with Gasteiger partial charge in [-0.25, -0.2) is 9.37 Å². The Hall–Kier alpha value is -3.66. The van der Waals surface area contributed by atoms with Crippen LogP contribution in [-0.4, -0.2) is 22.3 Å². The standard InChI is InChI=1S/C22H18FN3O3/c1-14-3-2-4-18(7-14)28-13-21-25-19-5-6-26(12-20(19)29-21)22(27)16-8-15(11-24)9-17(23)10-16/h2-4,7-10H,5-6,12-13H2,1H3. The van der Waals surface area contributed by atoms with Gasteiger partial charge >= 0.3 is 0 Å². The number of hydrogen-bond donors (Lipinski definition) is 0. The van der Waals surface area contributed by atoms with Gasteiger partial charge in [-0.2, -0.15) is 5.26 Å². The molecule has 0 saturated carbocycles. The minimum atomic E-state index is -0.611. The molecule has 1 aliphatic rings. The number of aryl methyl sites for hydroxylation is 1. The number of oxazole rings is 1. The van der Waals surface area contributed by atoms with Gasteiger partial charge in [0.05, 0.1) is 23.9 Å². The Balaban J connectivity index is 1.45. The molecular formula is C22H18FN3O3. The minimum absolute atomic E-state index is 0.112. The Morgan fingerprint density at radius 1 is 1.34 bits per heavy atom. The zero-order valence-corrected chi connectivity index (χ0v) is 15.8. The van der Waals surface area contributed by atoms with Gasteiger partial charge < -0.3 is 14.1 Å². The molecule has 1 aliphatic heterocycles. The predicted octanol–water partition coefficient (Wildman–Crippen LogP) is 3.77. The number of carbonyl (C=O) groups is 1. The highest BCUT2D eigenvalue weighted by atomic mass is 19.1. The molecule has 0 radical (unpaired) electrons. The molecule has 0 aliphatic carbocycles. The van der Waals surface area contributed by atoms with E-state index in [0.717, 1.165) is 29.1 Å². The van der Waals surface area contributed by atoms with Crippen LogP contribution in [0.15, 0.2) is 46.9 Å². The molecule has 0 saturated heterocycles. The van der Waals surface area contributed by atoms with Gasteiger partial charge in [0.2, 0.25) is 5.89 Å². The van der Waals surface area contributed by atoms with Crippen LogP contribution in [-0.2, 0) is 19.6 Å². The highest BCUT2D eigenvalue weighted by Crippen LogP contribution is 2.23. The Kier molecular flexibility index (Phi) is 5.00. The molecular weight excluding hydrogens is 373 g/mol. The van der Waals surface area contributed by atoms with Gasteiger partial charge in [-0.15, -0.1) is 0 Å². The number of nitrogens with zero attached hydrogens (tertiary/aromatic N) is 3. The maximum absolute atomic E-state index is 13.7. The van der Waals surface area contributed by atoms with Crippen molar-refractivity contribution in [1.82, 2.24) is 9.88 Å². The summed E-state index contributed by atoms with van der Waals surface area (Å²) in [5, 5.41) is 8.98. The number of hydrogen-bond acceptors (Lipinski definition) is 5. The molecule has 3 aromatic rings. The maximum Gasteiger partial charge on any atom is 0.254 e. The van der Waals surface area contributed by atoms with Crippen molar-refractivity contribution in [3.8, 4) is 11.8 Å². The molecule has 0 fully saturated rings. The average molecular weight is 391 g/mol. The van der Waals surface area contributed by atoms with Crippen LogP contribution in [0.5, 0.6) is 5.75 Å². The van der Waals surface area contributed by atoms with E-state index in [9.17, 15) is 9.18 Å². The molecule has 0 N–H and O–H groups in total. The van der Waals surface area contributed by atoms with E-state index in [1.54, 1.807) is 4.90 Å². The average Bonchev–Trinajstić information content (AvgIpc) is 3.13. The Bertz CT molecular complexity index is 1120. The summed E-state index contributed by atoms with van der Waals surface area (Å²) < 4.78 is 25.2. The summed E-state index contributed by atoms with van der Waals surface area (Å²) in [5.41, 5.74) is 2.16. The predicted molar refractivity (Wildman–Crippen MR) is 102 cm³/mol. The fourth-order valence-corrected chi connectivity index (χ4v) is 3.29. The quantitative estimate of drug-likeness (QED) is 0.676. The van der Waals surface area contributed by atoms with Crippen molar-refractivity contribution < 1.29 is 18.3 Å². The number of aromatic nitrogens is 1. The smallest absolute Gasteiger partial charge is 0.254 e. The van der Waals surface area contributed by atoms with E-state index in [1.807, 2.05) is 37.3 Å². The Morgan fingerprint density at radius 2 is 2.21 bits per heavy atom. The summed E-state index contributed by atoms with van der Waals surface area (Å²) in [7, 11) is 0. The van der Waals surface area contributed by atoms with Crippen LogP contribution in [0.4, 0.5) is 4.39 Å². The highest BCUT2D eigenvalue weighted by Gasteiger charge is 2.27. The van der Waals surface area contributed by atoms with E-state index in [0.29, 0.717) is 24.6 Å². The third-order valence-electron chi connectivity index (χ3n) is 4.69. The molecule has 0 unspecified atom stereocenters. The van der Waals surface area contributed by atoms with Crippen molar-refractivity contribution in [1.29, 1.82) is 5.26 Å². The van der Waals surface area contributed by atoms with Crippen molar-refractivity contribution in [2.75, 3.05) is 6.54 Å². The number of halogens is 1. The maximum atomic E-state index is 13.7. The second-order valence-corrected chi connectivity index (χ2v) is 6.90. The lowest BCUT2D eigenvalue weighted by atomic mass is 10.1. The van der Waals surface area contributed by atoms with Crippen LogP contribution in [0, 0.1) is 24.1 Å². The monoisotopic (exact) mass is 391 g/mol. The lowest BCUT2D eigenvalue weighted by Crippen LogP contribution is -2.35. The van der Waals surface area contributed by atoms with Crippen molar-refractivity contribution in [2.45, 2.75) is 26.5 Å². The number of carbonyl (C=O) groups excluding carboxylic acids is 1. The molecule has 146 valence electrons. The van der Waals surface area contributed by atoms with E-state index >= 15 is 0 Å². The molecule has 0 bridgehead atoms. The molecule has 1 aromatic heterocycles. The number of benzene rings is 2. The van der Waals surface area contributed by atoms with Gasteiger partial charge in [0.25, 0.3) is 5.91 Å². The molecule has 2 aromatic carbocycles. The van der Waals surface area contributed by atoms with Gasteiger partial charge in [-0.05, 0) is 42.8 Å². The lowest BCUT2D eigenvalue weighted by Gasteiger charge is -2.25. The van der Waals surface area contributed by atoms with Gasteiger partial charge in [0.1, 0.15) is 17.3 Å². The second-order valence-electron chi connectivity index (χ2n) is 6.90. The topological polar surface area (TPSA) is 79.4 Å². The van der Waals surface area contributed by atoms with Gasteiger partial charge in [-0.3, -0.25) is 4.79 Å². The Labute approximate surface area is 167 Å². The summed E-state index contributed by atoms with van der Waals surface area (Å²) in [6.45, 7) is 2.86. The number of rotatable bonds is 4. The SMILES string of the molecule is Cc1cccc(OCc2nc3c(o2)CN(C(=O)c2cc(F)cc(C#N)c2)CC3)c1. The van der Waals surface area contributed by atoms with Crippen LogP contribution in [0.3, 0.4) is 0 Å². The molecule has 4 rings (SSSR count). The molecule has 7 heteroatoms. The lowest BCUT2D eigenvalue weighted by molar-refractivity contribution is 0.0717. The summed E-state index contributed by atoms with van der Waals surface area (Å²) >= 11 is 0. The van der Waals surface area contributed by atoms with Crippen molar-refractivity contribution in [3.63, 3.8) is 0 Å². The van der Waals surface area contributed by atoms with Crippen LogP contribution < -0.4 is 4.74 Å². The van der Waals surface area contributed by atoms with Crippen LogP contribution in [0.1, 0.15) is 38.8 Å². The fraction of sp³-hybridized carbons (Fsp3) is 0.227. The first-order chi connectivity index (χ1) is 14.0. The minimum Gasteiger partial charge on any atom is -0.484 e. The first-order valence-corrected chi connectivity index (χ1v) is 9.19. The number of amides is 1. The summed E-state index contributed by atoms with van der Waals surface area (Å²) in [4.78, 5) is 18.8. The largest absolute Gasteiger partial charge is 0.484 e. The Morgan fingerprint density at radius 3 is 3.00 bits per heavy atom. The van der Waals surface area contributed by atoms with E-state index in [1.165, 1.54) is 6.07 Å². The van der Waals surface area contributed by atoms with Gasteiger partial charge in [-0.1, -0.05) is 12.1 Å². The third-order valence-corrected chi connectivity index (χ3v) is 4.69. The van der Waals surface area contributed by atoms with Crippen LogP contribution in [0.25, 0.3) is 0 Å². The molecule has 29 heavy (non-hydrogen) atoms. The zero-order valence-electron chi connectivity index (χ0n) is 15.8. The third kappa shape index (κ3) is 4.11. The summed E-state index contributed by atoms with van der Waals surface area (Å²) in [6.07, 6.45) is 0.537. The number of fused-ring (bicyclic) bond motifs is 1. The van der Waals surface area contributed by atoms with Gasteiger partial charge in [0, 0.05) is 18.5 Å². The van der Waals surface area contributed by atoms with E-state index in [2.05, 4.69) is 4.98 Å². The van der Waals surface area contributed by atoms with Crippen LogP contribution in [0.2, 0.25) is 0 Å². The van der Waals surface area contributed by atoms with E-state index in [4.69, 9.17) is 14.4 Å². The summed E-state index contributed by atoms with van der Waals surface area (Å²) in [6, 6.07) is 13.2. The molecule has 1 amide bonds. The first-order valence-electron chi connectivity index (χ1n) is 9.19. The molecule has 0 atom stereocenters. The summed E-state index contributed by atoms with van der Waals surface area (Å²) in [5.74, 6) is 0.825. The van der Waals surface area contributed by atoms with E-state index < -0.39 is 5.82 Å². The second kappa shape index (κ2) is 7.76. The fourth-order valence-electron chi connectivity index (χ4n) is 3.29. The molecule has 6 nitrogen and oxygen atoms in total. The van der Waals surface area contributed by atoms with Crippen molar-refractivity contribution in [3.05, 3.63) is 82.3 Å². The van der Waals surface area contributed by atoms with Crippen LogP contribution >= 0.6 is 0 Å². The highest BCUT2D eigenvalue weighted by molar-refractivity contribution is 5.94. The zero-order chi connectivity index (χ0) is 20.4. The number of ether oxygens (including phenoxy) is 1. The van der Waals surface area contributed by atoms with Crippen molar-refractivity contribution in [2.24, 2.45) is 0 Å². The van der Waals surface area contributed by atoms with Gasteiger partial charge in [0.15, 0.2) is 6.61 Å². The van der Waals surface area contributed by atoms with Crippen molar-refractivity contribution >= 4 is 5.91 Å².